The number of anilines is 1. The zero-order valence-electron chi connectivity index (χ0n) is 17.1. The van der Waals surface area contributed by atoms with Gasteiger partial charge in [-0.25, -0.2) is 9.37 Å². The number of nitrogens with zero attached hydrogens (tertiary/aromatic N) is 4. The van der Waals surface area contributed by atoms with Gasteiger partial charge >= 0.3 is 0 Å². The number of hydrogen-bond donors (Lipinski definition) is 1. The molecule has 1 N–H and O–H groups in total. The van der Waals surface area contributed by atoms with Crippen LogP contribution in [0.2, 0.25) is 0 Å². The van der Waals surface area contributed by atoms with E-state index < -0.39 is 5.25 Å². The van der Waals surface area contributed by atoms with Crippen molar-refractivity contribution in [3.63, 3.8) is 0 Å². The van der Waals surface area contributed by atoms with E-state index in [9.17, 15) is 9.18 Å². The molecule has 1 amide bonds. The van der Waals surface area contributed by atoms with Gasteiger partial charge in [0, 0.05) is 11.4 Å². The molecule has 0 aliphatic carbocycles. The highest BCUT2D eigenvalue weighted by molar-refractivity contribution is 8.00. The van der Waals surface area contributed by atoms with Crippen LogP contribution in [-0.2, 0) is 11.3 Å². The van der Waals surface area contributed by atoms with Crippen LogP contribution >= 0.6 is 23.1 Å². The molecule has 6 nitrogen and oxygen atoms in total. The Labute approximate surface area is 178 Å². The number of carbonyl (C=O) groups excluding carboxylic acids is 1. The number of amides is 1. The first-order valence-electron chi connectivity index (χ1n) is 9.36. The van der Waals surface area contributed by atoms with E-state index in [0.29, 0.717) is 34.1 Å². The summed E-state index contributed by atoms with van der Waals surface area (Å²) in [6.07, 6.45) is 0. The molecule has 0 radical (unpaired) electrons. The highest BCUT2D eigenvalue weighted by Gasteiger charge is 2.23. The lowest BCUT2D eigenvalue weighted by Crippen LogP contribution is -2.23. The molecule has 29 heavy (non-hydrogen) atoms. The Morgan fingerprint density at radius 1 is 1.24 bits per heavy atom. The number of halogens is 1. The predicted molar refractivity (Wildman–Crippen MR) is 116 cm³/mol. The second kappa shape index (κ2) is 9.04. The Hall–Kier alpha value is -2.26. The molecule has 2 aromatic heterocycles. The first-order valence-corrected chi connectivity index (χ1v) is 11.1. The molecular formula is C20H24FN5OS2. The number of hydrogen-bond acceptors (Lipinski definition) is 6. The Kier molecular flexibility index (Phi) is 6.69. The van der Waals surface area contributed by atoms with Crippen molar-refractivity contribution in [2.45, 2.75) is 51.6 Å². The highest BCUT2D eigenvalue weighted by atomic mass is 32.2. The predicted octanol–water partition coefficient (Wildman–Crippen LogP) is 4.93. The van der Waals surface area contributed by atoms with Crippen molar-refractivity contribution in [1.82, 2.24) is 19.7 Å². The number of rotatable bonds is 7. The number of benzene rings is 1. The standard InChI is InChI=1S/C20H24FN5OS2/c1-11(2)10-26-17(15-8-6-7-9-16(15)21)24-25-20(26)29-14(5)18(27)23-19-22-12(3)13(4)28-19/h6-9,11,14H,10H2,1-5H3,(H,22,23,27)/t14-/m0/s1. The van der Waals surface area contributed by atoms with Crippen LogP contribution in [0.5, 0.6) is 0 Å². The molecule has 0 bridgehead atoms. The molecule has 3 rings (SSSR count). The number of aryl methyl sites for hydroxylation is 2. The van der Waals surface area contributed by atoms with Crippen LogP contribution in [0.15, 0.2) is 29.4 Å². The molecule has 1 atom stereocenters. The van der Waals surface area contributed by atoms with Gasteiger partial charge in [-0.05, 0) is 38.8 Å². The van der Waals surface area contributed by atoms with Gasteiger partial charge in [0.2, 0.25) is 5.91 Å². The molecule has 3 aromatic rings. The van der Waals surface area contributed by atoms with E-state index in [1.165, 1.54) is 29.2 Å². The normalized spacial score (nSPS) is 12.4. The van der Waals surface area contributed by atoms with E-state index in [0.717, 1.165) is 10.6 Å². The third kappa shape index (κ3) is 5.02. The van der Waals surface area contributed by atoms with Crippen molar-refractivity contribution in [3.8, 4) is 11.4 Å². The minimum absolute atomic E-state index is 0.157. The van der Waals surface area contributed by atoms with Gasteiger partial charge in [0.25, 0.3) is 0 Å². The second-order valence-electron chi connectivity index (χ2n) is 7.20. The summed E-state index contributed by atoms with van der Waals surface area (Å²) in [4.78, 5) is 18.0. The third-order valence-corrected chi connectivity index (χ3v) is 6.36. The van der Waals surface area contributed by atoms with Gasteiger partial charge in [0.15, 0.2) is 16.1 Å². The van der Waals surface area contributed by atoms with Crippen LogP contribution in [0, 0.1) is 25.6 Å². The minimum Gasteiger partial charge on any atom is -0.302 e. The third-order valence-electron chi connectivity index (χ3n) is 4.29. The Morgan fingerprint density at radius 3 is 2.59 bits per heavy atom. The van der Waals surface area contributed by atoms with Gasteiger partial charge in [-0.1, -0.05) is 37.7 Å². The van der Waals surface area contributed by atoms with Crippen LogP contribution in [0.25, 0.3) is 11.4 Å². The Balaban J connectivity index is 1.82. The van der Waals surface area contributed by atoms with Crippen LogP contribution in [0.1, 0.15) is 31.3 Å². The fourth-order valence-corrected chi connectivity index (χ4v) is 4.37. The molecule has 0 aliphatic heterocycles. The number of carbonyl (C=O) groups is 1. The van der Waals surface area contributed by atoms with Crippen molar-refractivity contribution in [3.05, 3.63) is 40.7 Å². The van der Waals surface area contributed by atoms with Gasteiger partial charge < -0.3 is 9.88 Å². The molecule has 2 heterocycles. The molecule has 154 valence electrons. The van der Waals surface area contributed by atoms with E-state index in [1.807, 2.05) is 25.3 Å². The summed E-state index contributed by atoms with van der Waals surface area (Å²) >= 11 is 2.76. The largest absolute Gasteiger partial charge is 0.302 e. The molecule has 0 spiro atoms. The van der Waals surface area contributed by atoms with Crippen molar-refractivity contribution in [2.24, 2.45) is 5.92 Å². The SMILES string of the molecule is Cc1nc(NC(=O)[C@H](C)Sc2nnc(-c3ccccc3F)n2CC(C)C)sc1C. The molecule has 0 unspecified atom stereocenters. The summed E-state index contributed by atoms with van der Waals surface area (Å²) < 4.78 is 16.2. The quantitative estimate of drug-likeness (QED) is 0.535. The molecule has 9 heteroatoms. The number of thiazole rings is 1. The van der Waals surface area contributed by atoms with E-state index in [1.54, 1.807) is 18.2 Å². The average molecular weight is 434 g/mol. The van der Waals surface area contributed by atoms with Crippen LogP contribution < -0.4 is 5.32 Å². The smallest absolute Gasteiger partial charge is 0.239 e. The van der Waals surface area contributed by atoms with E-state index in [2.05, 4.69) is 34.3 Å². The molecule has 1 aromatic carbocycles. The average Bonchev–Trinajstić information content (AvgIpc) is 3.18. The van der Waals surface area contributed by atoms with E-state index in [4.69, 9.17) is 0 Å². The lowest BCUT2D eigenvalue weighted by Gasteiger charge is -2.15. The van der Waals surface area contributed by atoms with Crippen LogP contribution in [0.4, 0.5) is 9.52 Å². The summed E-state index contributed by atoms with van der Waals surface area (Å²) in [5.41, 5.74) is 1.31. The van der Waals surface area contributed by atoms with Crippen molar-refractivity contribution in [2.75, 3.05) is 5.32 Å². The first-order chi connectivity index (χ1) is 13.8. The van der Waals surface area contributed by atoms with E-state index >= 15 is 0 Å². The van der Waals surface area contributed by atoms with Gasteiger partial charge in [-0.3, -0.25) is 4.79 Å². The zero-order chi connectivity index (χ0) is 21.1. The maximum absolute atomic E-state index is 14.3. The Morgan fingerprint density at radius 2 is 1.97 bits per heavy atom. The van der Waals surface area contributed by atoms with Crippen molar-refractivity contribution < 1.29 is 9.18 Å². The van der Waals surface area contributed by atoms with Gasteiger partial charge in [-0.2, -0.15) is 0 Å². The molecular weight excluding hydrogens is 409 g/mol. The summed E-state index contributed by atoms with van der Waals surface area (Å²) in [6, 6.07) is 6.51. The van der Waals surface area contributed by atoms with Gasteiger partial charge in [0.05, 0.1) is 16.5 Å². The van der Waals surface area contributed by atoms with Crippen LogP contribution in [0.3, 0.4) is 0 Å². The Bertz CT molecular complexity index is 995. The highest BCUT2D eigenvalue weighted by Crippen LogP contribution is 2.30. The lowest BCUT2D eigenvalue weighted by molar-refractivity contribution is -0.115. The van der Waals surface area contributed by atoms with Gasteiger partial charge in [-0.15, -0.1) is 21.5 Å². The topological polar surface area (TPSA) is 72.7 Å². The van der Waals surface area contributed by atoms with Crippen molar-refractivity contribution in [1.29, 1.82) is 0 Å². The molecule has 0 aliphatic rings. The summed E-state index contributed by atoms with van der Waals surface area (Å²) in [6.45, 7) is 10.5. The molecule has 0 fully saturated rings. The summed E-state index contributed by atoms with van der Waals surface area (Å²) in [5, 5.41) is 12.1. The minimum atomic E-state index is -0.414. The maximum atomic E-state index is 14.3. The van der Waals surface area contributed by atoms with Crippen LogP contribution in [-0.4, -0.2) is 30.9 Å². The zero-order valence-corrected chi connectivity index (χ0v) is 18.7. The first kappa shape index (κ1) is 21.4. The lowest BCUT2D eigenvalue weighted by atomic mass is 10.2. The number of thioether (sulfide) groups is 1. The second-order valence-corrected chi connectivity index (χ2v) is 9.71. The van der Waals surface area contributed by atoms with Gasteiger partial charge in [0.1, 0.15) is 5.82 Å². The molecule has 0 saturated heterocycles. The van der Waals surface area contributed by atoms with Crippen molar-refractivity contribution >= 4 is 34.1 Å². The summed E-state index contributed by atoms with van der Waals surface area (Å²) in [7, 11) is 0. The summed E-state index contributed by atoms with van der Waals surface area (Å²) in [5.74, 6) is 0.274. The number of aromatic nitrogens is 4. The monoisotopic (exact) mass is 433 g/mol. The number of nitrogens with one attached hydrogen (secondary N) is 1. The molecule has 0 saturated carbocycles. The maximum Gasteiger partial charge on any atom is 0.239 e. The fourth-order valence-electron chi connectivity index (χ4n) is 2.69. The fraction of sp³-hybridized carbons (Fsp3) is 0.400. The van der Waals surface area contributed by atoms with E-state index in [-0.39, 0.29) is 11.7 Å².